The van der Waals surface area contributed by atoms with Gasteiger partial charge in [-0.05, 0) is 63.1 Å². The predicted octanol–water partition coefficient (Wildman–Crippen LogP) is 2.71. The number of nitrogens with one attached hydrogen (secondary N) is 1. The number of ether oxygens (including phenoxy) is 1. The van der Waals surface area contributed by atoms with E-state index in [-0.39, 0.29) is 35.4 Å². The van der Waals surface area contributed by atoms with Crippen LogP contribution in [-0.4, -0.2) is 39.8 Å². The number of nitrogens with two attached hydrogens (primary N) is 1. The van der Waals surface area contributed by atoms with Gasteiger partial charge in [-0.15, -0.1) is 0 Å². The lowest BCUT2D eigenvalue weighted by Crippen LogP contribution is -2.26. The fourth-order valence-corrected chi connectivity index (χ4v) is 3.21. The molecule has 3 N–H and O–H groups in total. The lowest BCUT2D eigenvalue weighted by Gasteiger charge is -2.08. The third kappa shape index (κ3) is 5.33. The molecule has 0 spiro atoms. The maximum absolute atomic E-state index is 13.2. The zero-order valence-corrected chi connectivity index (χ0v) is 18.3. The smallest absolute Gasteiger partial charge is 0.339 e. The number of nitrogens with zero attached hydrogens (tertiary/aromatic N) is 4. The van der Waals surface area contributed by atoms with Gasteiger partial charge in [0.25, 0.3) is 5.91 Å². The highest BCUT2D eigenvalue weighted by atomic mass is 19.1. The van der Waals surface area contributed by atoms with Crippen molar-refractivity contribution in [3.05, 3.63) is 70.4 Å². The van der Waals surface area contributed by atoms with E-state index in [9.17, 15) is 19.2 Å². The van der Waals surface area contributed by atoms with E-state index in [2.05, 4.69) is 21.5 Å². The van der Waals surface area contributed by atoms with Gasteiger partial charge < -0.3 is 15.8 Å². The Balaban J connectivity index is 1.61. The normalized spacial score (nSPS) is 10.5. The van der Waals surface area contributed by atoms with Gasteiger partial charge in [0.05, 0.1) is 29.2 Å². The lowest BCUT2D eigenvalue weighted by atomic mass is 10.1. The molecule has 0 saturated carbocycles. The van der Waals surface area contributed by atoms with Gasteiger partial charge in [-0.1, -0.05) is 0 Å². The minimum atomic E-state index is -0.484. The van der Waals surface area contributed by atoms with Crippen LogP contribution in [0.25, 0.3) is 5.69 Å². The third-order valence-electron chi connectivity index (χ3n) is 4.87. The molecule has 0 aliphatic carbocycles. The molecule has 2 heterocycles. The van der Waals surface area contributed by atoms with Gasteiger partial charge in [-0.25, -0.2) is 18.9 Å². The summed E-state index contributed by atoms with van der Waals surface area (Å²) in [6.07, 6.45) is 0.899. The quantitative estimate of drug-likeness (QED) is 0.398. The van der Waals surface area contributed by atoms with Crippen LogP contribution in [0.1, 0.15) is 51.1 Å². The molecule has 33 heavy (non-hydrogen) atoms. The van der Waals surface area contributed by atoms with Crippen molar-refractivity contribution in [3.63, 3.8) is 0 Å². The second-order valence-electron chi connectivity index (χ2n) is 7.12. The summed E-state index contributed by atoms with van der Waals surface area (Å²) in [5.74, 6) is -1.09. The number of esters is 1. The van der Waals surface area contributed by atoms with Gasteiger partial charge >= 0.3 is 5.97 Å². The Kier molecular flexibility index (Phi) is 7.35. The number of benzene rings is 1. The Bertz CT molecular complexity index is 1210. The highest BCUT2D eigenvalue weighted by molar-refractivity contribution is 5.95. The molecule has 0 saturated heterocycles. The van der Waals surface area contributed by atoms with Crippen LogP contribution in [0, 0.1) is 24.1 Å². The van der Waals surface area contributed by atoms with Crippen molar-refractivity contribution in [3.8, 4) is 11.8 Å². The van der Waals surface area contributed by atoms with E-state index in [1.54, 1.807) is 13.8 Å². The number of hydrogen-bond donors (Lipinski definition) is 2. The molecule has 0 unspecified atom stereocenters. The molecule has 0 aliphatic heterocycles. The van der Waals surface area contributed by atoms with Gasteiger partial charge in [0, 0.05) is 6.54 Å². The number of nitrogen functional groups attached to an aromatic ring is 1. The van der Waals surface area contributed by atoms with Crippen molar-refractivity contribution in [1.29, 1.82) is 5.26 Å². The standard InChI is InChI=1S/C23H23FN6O3/c1-3-33-23(32)17-10-11-20(28-14(17)2)22(31)27-12-4-5-19-18(13-25)21(26)30(29-19)16-8-6-15(24)7-9-16/h6-11H,3-5,12,26H2,1-2H3,(H,27,31). The topological polar surface area (TPSA) is 136 Å². The van der Waals surface area contributed by atoms with E-state index in [0.29, 0.717) is 42.0 Å². The first kappa shape index (κ1) is 23.4. The van der Waals surface area contributed by atoms with Gasteiger partial charge in [0.2, 0.25) is 0 Å². The van der Waals surface area contributed by atoms with Crippen LogP contribution in [0.4, 0.5) is 10.2 Å². The summed E-state index contributed by atoms with van der Waals surface area (Å²) in [6, 6.07) is 10.6. The van der Waals surface area contributed by atoms with Crippen LogP contribution < -0.4 is 11.1 Å². The fraction of sp³-hybridized carbons (Fsp3) is 0.261. The van der Waals surface area contributed by atoms with Crippen molar-refractivity contribution in [2.75, 3.05) is 18.9 Å². The average molecular weight is 450 g/mol. The fourth-order valence-electron chi connectivity index (χ4n) is 3.21. The molecule has 2 aromatic heterocycles. The summed E-state index contributed by atoms with van der Waals surface area (Å²) in [7, 11) is 0. The maximum atomic E-state index is 13.2. The first-order valence-corrected chi connectivity index (χ1v) is 10.3. The number of aromatic nitrogens is 3. The molecule has 1 aromatic carbocycles. The van der Waals surface area contributed by atoms with E-state index in [1.807, 2.05) is 0 Å². The second-order valence-corrected chi connectivity index (χ2v) is 7.12. The number of aryl methyl sites for hydroxylation is 2. The van der Waals surface area contributed by atoms with Gasteiger partial charge in [0.1, 0.15) is 29.0 Å². The Morgan fingerprint density at radius 1 is 1.24 bits per heavy atom. The van der Waals surface area contributed by atoms with E-state index in [4.69, 9.17) is 10.5 Å². The summed E-state index contributed by atoms with van der Waals surface area (Å²) in [4.78, 5) is 28.4. The number of halogens is 1. The number of anilines is 1. The van der Waals surface area contributed by atoms with E-state index < -0.39 is 5.97 Å². The summed E-state index contributed by atoms with van der Waals surface area (Å²) in [5.41, 5.74) is 8.23. The molecule has 1 amide bonds. The molecular formula is C23H23FN6O3. The van der Waals surface area contributed by atoms with E-state index in [0.717, 1.165) is 0 Å². The SMILES string of the molecule is CCOC(=O)c1ccc(C(=O)NCCCc2nn(-c3ccc(F)cc3)c(N)c2C#N)nc1C. The molecular weight excluding hydrogens is 427 g/mol. The van der Waals surface area contributed by atoms with Gasteiger partial charge in [-0.3, -0.25) is 4.79 Å². The molecule has 3 rings (SSSR count). The molecule has 0 fully saturated rings. The van der Waals surface area contributed by atoms with Gasteiger partial charge in [0.15, 0.2) is 0 Å². The molecule has 0 aliphatic rings. The first-order valence-electron chi connectivity index (χ1n) is 10.3. The lowest BCUT2D eigenvalue weighted by molar-refractivity contribution is 0.0524. The highest BCUT2D eigenvalue weighted by Crippen LogP contribution is 2.21. The summed E-state index contributed by atoms with van der Waals surface area (Å²) >= 11 is 0. The molecule has 10 heteroatoms. The van der Waals surface area contributed by atoms with Crippen LogP contribution in [0.15, 0.2) is 36.4 Å². The van der Waals surface area contributed by atoms with E-state index in [1.165, 1.54) is 41.1 Å². The van der Waals surface area contributed by atoms with Crippen molar-refractivity contribution in [2.45, 2.75) is 26.7 Å². The summed E-state index contributed by atoms with van der Waals surface area (Å²) in [6.45, 7) is 3.91. The van der Waals surface area contributed by atoms with Crippen LogP contribution >= 0.6 is 0 Å². The minimum absolute atomic E-state index is 0.171. The number of carbonyl (C=O) groups excluding carboxylic acids is 2. The number of carbonyl (C=O) groups is 2. The van der Waals surface area contributed by atoms with Crippen LogP contribution in [0.5, 0.6) is 0 Å². The maximum Gasteiger partial charge on any atom is 0.339 e. The average Bonchev–Trinajstić information content (AvgIpc) is 3.12. The third-order valence-corrected chi connectivity index (χ3v) is 4.87. The van der Waals surface area contributed by atoms with Crippen molar-refractivity contribution >= 4 is 17.7 Å². The van der Waals surface area contributed by atoms with Crippen LogP contribution in [0.2, 0.25) is 0 Å². The molecule has 3 aromatic rings. The number of hydrogen-bond acceptors (Lipinski definition) is 7. The second kappa shape index (κ2) is 10.4. The van der Waals surface area contributed by atoms with Crippen molar-refractivity contribution in [1.82, 2.24) is 20.1 Å². The van der Waals surface area contributed by atoms with Crippen molar-refractivity contribution < 1.29 is 18.7 Å². The van der Waals surface area contributed by atoms with Gasteiger partial charge in [-0.2, -0.15) is 10.4 Å². The molecule has 0 bridgehead atoms. The zero-order valence-electron chi connectivity index (χ0n) is 18.3. The highest BCUT2D eigenvalue weighted by Gasteiger charge is 2.17. The Morgan fingerprint density at radius 2 is 1.97 bits per heavy atom. The number of amides is 1. The van der Waals surface area contributed by atoms with Crippen molar-refractivity contribution in [2.24, 2.45) is 0 Å². The molecule has 0 atom stereocenters. The Hall–Kier alpha value is -4.26. The van der Waals surface area contributed by atoms with Crippen LogP contribution in [0.3, 0.4) is 0 Å². The molecule has 170 valence electrons. The zero-order chi connectivity index (χ0) is 24.0. The predicted molar refractivity (Wildman–Crippen MR) is 118 cm³/mol. The number of pyridine rings is 1. The summed E-state index contributed by atoms with van der Waals surface area (Å²) in [5, 5.41) is 16.6. The Labute approximate surface area is 190 Å². The molecule has 9 nitrogen and oxygen atoms in total. The van der Waals surface area contributed by atoms with Crippen LogP contribution in [-0.2, 0) is 11.2 Å². The largest absolute Gasteiger partial charge is 0.462 e. The monoisotopic (exact) mass is 450 g/mol. The first-order chi connectivity index (χ1) is 15.8. The Morgan fingerprint density at radius 3 is 2.61 bits per heavy atom. The number of nitriles is 1. The number of rotatable bonds is 8. The minimum Gasteiger partial charge on any atom is -0.462 e. The summed E-state index contributed by atoms with van der Waals surface area (Å²) < 4.78 is 19.5. The molecule has 0 radical (unpaired) electrons. The van der Waals surface area contributed by atoms with E-state index >= 15 is 0 Å².